The van der Waals surface area contributed by atoms with E-state index >= 15 is 0 Å². The number of carbonyl (C=O) groups excluding carboxylic acids is 1. The zero-order chi connectivity index (χ0) is 23.5. The Morgan fingerprint density at radius 2 is 2.03 bits per heavy atom. The molecule has 1 amide bonds. The first-order valence-corrected chi connectivity index (χ1v) is 11.2. The van der Waals surface area contributed by atoms with Gasteiger partial charge in [0.05, 0.1) is 19.2 Å². The summed E-state index contributed by atoms with van der Waals surface area (Å²) in [6.07, 6.45) is 3.99. The molecule has 0 bridgehead atoms. The number of benzene rings is 2. The van der Waals surface area contributed by atoms with Crippen LogP contribution in [0.15, 0.2) is 69.7 Å². The third-order valence-electron chi connectivity index (χ3n) is 6.06. The number of halogens is 1. The number of rotatable bonds is 6. The number of hydrogen-bond donors (Lipinski definition) is 0. The molecule has 7 nitrogen and oxygen atoms in total. The maximum absolute atomic E-state index is 14.1. The van der Waals surface area contributed by atoms with E-state index in [1.165, 1.54) is 12.1 Å². The van der Waals surface area contributed by atoms with E-state index in [0.29, 0.717) is 36.7 Å². The minimum Gasteiger partial charge on any atom is -0.496 e. The summed E-state index contributed by atoms with van der Waals surface area (Å²) in [5.41, 5.74) is 1.61. The van der Waals surface area contributed by atoms with Crippen molar-refractivity contribution in [1.82, 2.24) is 15.0 Å². The first-order chi connectivity index (χ1) is 16.6. The van der Waals surface area contributed by atoms with Crippen molar-refractivity contribution >= 4 is 5.91 Å². The smallest absolute Gasteiger partial charge is 0.292 e. The fourth-order valence-corrected chi connectivity index (χ4v) is 4.32. The summed E-state index contributed by atoms with van der Waals surface area (Å²) in [4.78, 5) is 19.3. The van der Waals surface area contributed by atoms with Crippen LogP contribution in [0, 0.1) is 5.82 Å². The number of oxazole rings is 1. The first kappa shape index (κ1) is 21.9. The van der Waals surface area contributed by atoms with Crippen LogP contribution in [-0.2, 0) is 6.42 Å². The number of hydrogen-bond acceptors (Lipinski definition) is 6. The average molecular weight is 461 g/mol. The summed E-state index contributed by atoms with van der Waals surface area (Å²) >= 11 is 0. The zero-order valence-corrected chi connectivity index (χ0v) is 18.7. The maximum Gasteiger partial charge on any atom is 0.292 e. The van der Waals surface area contributed by atoms with Crippen LogP contribution in [0.2, 0.25) is 0 Å². The molecular formula is C26H24FN3O4. The molecule has 0 saturated carbocycles. The summed E-state index contributed by atoms with van der Waals surface area (Å²) in [6, 6.07) is 15.5. The molecule has 5 rings (SSSR count). The number of para-hydroxylation sites is 1. The normalized spacial score (nSPS) is 15.9. The molecule has 0 N–H and O–H groups in total. The molecule has 174 valence electrons. The highest BCUT2D eigenvalue weighted by Crippen LogP contribution is 2.30. The fraction of sp³-hybridized carbons (Fsp3) is 0.269. The summed E-state index contributed by atoms with van der Waals surface area (Å²) in [7, 11) is 1.64. The predicted octanol–water partition coefficient (Wildman–Crippen LogP) is 5.09. The van der Waals surface area contributed by atoms with Gasteiger partial charge in [0.25, 0.3) is 5.91 Å². The van der Waals surface area contributed by atoms with E-state index in [9.17, 15) is 9.18 Å². The van der Waals surface area contributed by atoms with Crippen LogP contribution in [0.25, 0.3) is 11.3 Å². The van der Waals surface area contributed by atoms with Gasteiger partial charge in [-0.05, 0) is 31.0 Å². The Balaban J connectivity index is 1.27. The van der Waals surface area contributed by atoms with Gasteiger partial charge in [-0.3, -0.25) is 4.79 Å². The summed E-state index contributed by atoms with van der Waals surface area (Å²) < 4.78 is 30.8. The molecule has 8 heteroatoms. The lowest BCUT2D eigenvalue weighted by atomic mass is 9.97. The van der Waals surface area contributed by atoms with E-state index in [-0.39, 0.29) is 17.6 Å². The van der Waals surface area contributed by atoms with Gasteiger partial charge in [0, 0.05) is 36.7 Å². The Bertz CT molecular complexity index is 1300. The molecule has 1 aliphatic heterocycles. The Morgan fingerprint density at radius 1 is 1.21 bits per heavy atom. The Morgan fingerprint density at radius 3 is 2.88 bits per heavy atom. The van der Waals surface area contributed by atoms with Crippen molar-refractivity contribution in [3.8, 4) is 17.0 Å². The molecule has 1 saturated heterocycles. The van der Waals surface area contributed by atoms with Crippen LogP contribution in [0.3, 0.4) is 0 Å². The number of piperidine rings is 1. The van der Waals surface area contributed by atoms with Crippen molar-refractivity contribution in [3.05, 3.63) is 89.6 Å². The molecule has 34 heavy (non-hydrogen) atoms. The minimum absolute atomic E-state index is 0.0157. The van der Waals surface area contributed by atoms with Gasteiger partial charge in [-0.15, -0.1) is 0 Å². The molecule has 0 spiro atoms. The Labute approximate surface area is 196 Å². The minimum atomic E-state index is -0.416. The van der Waals surface area contributed by atoms with E-state index in [2.05, 4.69) is 10.1 Å². The number of likely N-dealkylation sites (tertiary alicyclic amines) is 1. The van der Waals surface area contributed by atoms with Gasteiger partial charge in [-0.1, -0.05) is 35.5 Å². The SMILES string of the molecule is COc1ccccc1Cc1cnc([C@@H]2CCCN(C(=O)c3cc(-c4ccccc4F)no3)C2)o1. The van der Waals surface area contributed by atoms with Gasteiger partial charge in [0.1, 0.15) is 23.0 Å². The highest BCUT2D eigenvalue weighted by Gasteiger charge is 2.30. The van der Waals surface area contributed by atoms with E-state index < -0.39 is 5.82 Å². The Kier molecular flexibility index (Phi) is 6.12. The topological polar surface area (TPSA) is 81.6 Å². The van der Waals surface area contributed by atoms with E-state index in [4.69, 9.17) is 13.7 Å². The molecule has 0 aliphatic carbocycles. The molecule has 1 fully saturated rings. The first-order valence-electron chi connectivity index (χ1n) is 11.2. The molecule has 1 aliphatic rings. The van der Waals surface area contributed by atoms with Crippen LogP contribution < -0.4 is 4.74 Å². The number of ether oxygens (including phenoxy) is 1. The van der Waals surface area contributed by atoms with Crippen LogP contribution in [0.5, 0.6) is 5.75 Å². The quantitative estimate of drug-likeness (QED) is 0.398. The predicted molar refractivity (Wildman–Crippen MR) is 122 cm³/mol. The standard InChI is InChI=1S/C26H24FN3O4/c1-32-23-11-5-2-7-17(23)13-19-15-28-25(33-19)18-8-6-12-30(16-18)26(31)24-14-22(29-34-24)20-9-3-4-10-21(20)27/h2-5,7,9-11,14-15,18H,6,8,12-13,16H2,1H3/t18-/m1/s1. The molecule has 1 atom stereocenters. The van der Waals surface area contributed by atoms with E-state index in [1.807, 2.05) is 24.3 Å². The number of aromatic nitrogens is 2. The lowest BCUT2D eigenvalue weighted by Gasteiger charge is -2.30. The second-order valence-electron chi connectivity index (χ2n) is 8.30. The molecule has 2 aromatic heterocycles. The van der Waals surface area contributed by atoms with Gasteiger partial charge in [0.2, 0.25) is 5.76 Å². The van der Waals surface area contributed by atoms with Crippen LogP contribution in [0.1, 0.15) is 46.5 Å². The summed E-state index contributed by atoms with van der Waals surface area (Å²) in [6.45, 7) is 1.06. The van der Waals surface area contributed by atoms with Crippen LogP contribution >= 0.6 is 0 Å². The second kappa shape index (κ2) is 9.51. The van der Waals surface area contributed by atoms with E-state index in [0.717, 1.165) is 29.9 Å². The van der Waals surface area contributed by atoms with Crippen LogP contribution in [-0.4, -0.2) is 41.1 Å². The second-order valence-corrected chi connectivity index (χ2v) is 8.30. The maximum atomic E-state index is 14.1. The summed E-state index contributed by atoms with van der Waals surface area (Å²) in [5, 5.41) is 3.89. The lowest BCUT2D eigenvalue weighted by molar-refractivity contribution is 0.0656. The molecule has 3 heterocycles. The average Bonchev–Trinajstić information content (AvgIpc) is 3.55. The van der Waals surface area contributed by atoms with Crippen molar-refractivity contribution < 1.29 is 22.9 Å². The lowest BCUT2D eigenvalue weighted by Crippen LogP contribution is -2.39. The Hall–Kier alpha value is -3.94. The highest BCUT2D eigenvalue weighted by molar-refractivity contribution is 5.92. The third kappa shape index (κ3) is 4.44. The molecule has 2 aromatic carbocycles. The van der Waals surface area contributed by atoms with Gasteiger partial charge in [-0.2, -0.15) is 0 Å². The number of methoxy groups -OCH3 is 1. The van der Waals surface area contributed by atoms with Crippen molar-refractivity contribution in [2.45, 2.75) is 25.2 Å². The molecule has 0 unspecified atom stereocenters. The van der Waals surface area contributed by atoms with Gasteiger partial charge in [0.15, 0.2) is 5.89 Å². The third-order valence-corrected chi connectivity index (χ3v) is 6.06. The molecular weight excluding hydrogens is 437 g/mol. The van der Waals surface area contributed by atoms with Gasteiger partial charge >= 0.3 is 0 Å². The van der Waals surface area contributed by atoms with Crippen LogP contribution in [0.4, 0.5) is 4.39 Å². The van der Waals surface area contributed by atoms with Crippen molar-refractivity contribution in [2.75, 3.05) is 20.2 Å². The fourth-order valence-electron chi connectivity index (χ4n) is 4.32. The largest absolute Gasteiger partial charge is 0.496 e. The number of amides is 1. The van der Waals surface area contributed by atoms with Crippen molar-refractivity contribution in [2.24, 2.45) is 0 Å². The zero-order valence-electron chi connectivity index (χ0n) is 18.7. The van der Waals surface area contributed by atoms with E-state index in [1.54, 1.807) is 36.4 Å². The van der Waals surface area contributed by atoms with Crippen molar-refractivity contribution in [1.29, 1.82) is 0 Å². The summed E-state index contributed by atoms with van der Waals surface area (Å²) in [5.74, 6) is 1.54. The monoisotopic (exact) mass is 461 g/mol. The van der Waals surface area contributed by atoms with Gasteiger partial charge in [-0.25, -0.2) is 9.37 Å². The van der Waals surface area contributed by atoms with Gasteiger partial charge < -0.3 is 18.6 Å². The number of carbonyl (C=O) groups is 1. The number of nitrogens with zero attached hydrogens (tertiary/aromatic N) is 3. The molecule has 0 radical (unpaired) electrons. The molecule has 4 aromatic rings. The highest BCUT2D eigenvalue weighted by atomic mass is 19.1. The van der Waals surface area contributed by atoms with Crippen molar-refractivity contribution in [3.63, 3.8) is 0 Å².